The Labute approximate surface area is 91.9 Å². The van der Waals surface area contributed by atoms with Gasteiger partial charge >= 0.3 is 0 Å². The minimum atomic E-state index is 0.851. The molecule has 0 spiro atoms. The second-order valence-electron chi connectivity index (χ2n) is 4.58. The topological polar surface area (TPSA) is 38.9 Å². The predicted molar refractivity (Wildman–Crippen MR) is 63.5 cm³/mol. The van der Waals surface area contributed by atoms with Crippen molar-refractivity contribution in [3.05, 3.63) is 24.0 Å². The number of nitrogens with two attached hydrogens (primary N) is 1. The molecule has 0 radical (unpaired) electrons. The van der Waals surface area contributed by atoms with Crippen LogP contribution in [0.5, 0.6) is 0 Å². The molecule has 0 unspecified atom stereocenters. The summed E-state index contributed by atoms with van der Waals surface area (Å²) in [5.74, 6) is 0.981. The number of pyridine rings is 1. The minimum Gasteiger partial charge on any atom is -0.397 e. The average Bonchev–Trinajstić information content (AvgIpc) is 2.74. The van der Waals surface area contributed by atoms with Gasteiger partial charge in [-0.25, -0.2) is 0 Å². The number of nitrogen functional groups attached to an aromatic ring is 1. The summed E-state index contributed by atoms with van der Waals surface area (Å²) in [7, 11) is 0. The molecule has 0 saturated heterocycles. The molecule has 1 aromatic heterocycles. The van der Waals surface area contributed by atoms with Gasteiger partial charge in [0.15, 0.2) is 0 Å². The second-order valence-corrected chi connectivity index (χ2v) is 4.58. The zero-order chi connectivity index (χ0) is 10.5. The van der Waals surface area contributed by atoms with E-state index in [4.69, 9.17) is 5.73 Å². The summed E-state index contributed by atoms with van der Waals surface area (Å²) >= 11 is 0. The Morgan fingerprint density at radius 3 is 2.87 bits per heavy atom. The van der Waals surface area contributed by atoms with Crippen LogP contribution in [-0.2, 0) is 6.42 Å². The Hall–Kier alpha value is -1.05. The van der Waals surface area contributed by atoms with Crippen molar-refractivity contribution in [2.45, 2.75) is 44.9 Å². The number of aryl methyl sites for hydroxylation is 1. The number of aromatic nitrogens is 1. The number of nitrogens with zero attached hydrogens (tertiary/aromatic N) is 1. The predicted octanol–water partition coefficient (Wildman–Crippen LogP) is 3.18. The van der Waals surface area contributed by atoms with Gasteiger partial charge in [0.1, 0.15) is 0 Å². The molecule has 1 aromatic rings. The lowest BCUT2D eigenvalue weighted by Gasteiger charge is -2.08. The van der Waals surface area contributed by atoms with Crippen LogP contribution in [0.1, 0.15) is 44.2 Å². The number of hydrogen-bond donors (Lipinski definition) is 1. The van der Waals surface area contributed by atoms with E-state index in [0.717, 1.165) is 23.7 Å². The summed E-state index contributed by atoms with van der Waals surface area (Å²) in [6.07, 6.45) is 11.2. The van der Waals surface area contributed by atoms with Crippen LogP contribution in [0, 0.1) is 5.92 Å². The molecule has 1 fully saturated rings. The Kier molecular flexibility index (Phi) is 3.59. The van der Waals surface area contributed by atoms with Gasteiger partial charge in [0, 0.05) is 6.20 Å². The highest BCUT2D eigenvalue weighted by atomic mass is 14.7. The third kappa shape index (κ3) is 2.95. The molecule has 1 aliphatic carbocycles. The fourth-order valence-corrected chi connectivity index (χ4v) is 2.52. The van der Waals surface area contributed by atoms with Crippen molar-refractivity contribution in [3.8, 4) is 0 Å². The summed E-state index contributed by atoms with van der Waals surface area (Å²) < 4.78 is 0. The smallest absolute Gasteiger partial charge is 0.0632 e. The number of anilines is 1. The highest BCUT2D eigenvalue weighted by Crippen LogP contribution is 2.29. The first kappa shape index (κ1) is 10.5. The molecule has 82 valence electrons. The lowest BCUT2D eigenvalue weighted by Crippen LogP contribution is -1.99. The molecule has 0 amide bonds. The van der Waals surface area contributed by atoms with E-state index in [2.05, 4.69) is 4.98 Å². The Morgan fingerprint density at radius 1 is 1.33 bits per heavy atom. The number of rotatable bonds is 4. The third-order valence-corrected chi connectivity index (χ3v) is 3.43. The van der Waals surface area contributed by atoms with Crippen molar-refractivity contribution in [1.82, 2.24) is 4.98 Å². The van der Waals surface area contributed by atoms with Crippen molar-refractivity contribution in [2.75, 3.05) is 5.73 Å². The standard InChI is InChI=1S/C13H20N2/c14-12-8-4-10-15-13(12)9-3-7-11-5-1-2-6-11/h4,8,10-11H,1-3,5-7,9,14H2. The van der Waals surface area contributed by atoms with Crippen LogP contribution in [0.15, 0.2) is 18.3 Å². The van der Waals surface area contributed by atoms with Gasteiger partial charge in [0.05, 0.1) is 11.4 Å². The van der Waals surface area contributed by atoms with Crippen LogP contribution >= 0.6 is 0 Å². The molecule has 0 aliphatic heterocycles. The molecular formula is C13H20N2. The Balaban J connectivity index is 1.75. The van der Waals surface area contributed by atoms with Crippen molar-refractivity contribution in [3.63, 3.8) is 0 Å². The molecule has 1 saturated carbocycles. The van der Waals surface area contributed by atoms with E-state index in [0.29, 0.717) is 0 Å². The normalized spacial score (nSPS) is 17.1. The summed E-state index contributed by atoms with van der Waals surface area (Å²) in [6.45, 7) is 0. The van der Waals surface area contributed by atoms with E-state index in [1.807, 2.05) is 18.3 Å². The molecule has 1 aliphatic rings. The van der Waals surface area contributed by atoms with Crippen molar-refractivity contribution in [2.24, 2.45) is 5.92 Å². The van der Waals surface area contributed by atoms with Gasteiger partial charge in [-0.3, -0.25) is 4.98 Å². The summed E-state index contributed by atoms with van der Waals surface area (Å²) in [5, 5.41) is 0. The van der Waals surface area contributed by atoms with E-state index in [1.54, 1.807) is 0 Å². The van der Waals surface area contributed by atoms with Crippen LogP contribution in [-0.4, -0.2) is 4.98 Å². The maximum absolute atomic E-state index is 5.85. The molecular weight excluding hydrogens is 184 g/mol. The van der Waals surface area contributed by atoms with Crippen molar-refractivity contribution in [1.29, 1.82) is 0 Å². The van der Waals surface area contributed by atoms with E-state index in [1.165, 1.54) is 38.5 Å². The van der Waals surface area contributed by atoms with Crippen molar-refractivity contribution >= 4 is 5.69 Å². The highest BCUT2D eigenvalue weighted by molar-refractivity contribution is 5.41. The fraction of sp³-hybridized carbons (Fsp3) is 0.615. The van der Waals surface area contributed by atoms with Gasteiger partial charge in [-0.05, 0) is 30.9 Å². The number of hydrogen-bond acceptors (Lipinski definition) is 2. The van der Waals surface area contributed by atoms with Gasteiger partial charge < -0.3 is 5.73 Å². The summed E-state index contributed by atoms with van der Waals surface area (Å²) in [4.78, 5) is 4.32. The molecule has 2 nitrogen and oxygen atoms in total. The minimum absolute atomic E-state index is 0.851. The molecule has 0 aromatic carbocycles. The quantitative estimate of drug-likeness (QED) is 0.818. The van der Waals surface area contributed by atoms with Crippen LogP contribution in [0.25, 0.3) is 0 Å². The maximum atomic E-state index is 5.85. The Bertz CT molecular complexity index is 303. The molecule has 2 heteroatoms. The van der Waals surface area contributed by atoms with Gasteiger partial charge in [-0.1, -0.05) is 32.1 Å². The zero-order valence-corrected chi connectivity index (χ0v) is 9.28. The van der Waals surface area contributed by atoms with Crippen LogP contribution in [0.3, 0.4) is 0 Å². The first-order chi connectivity index (χ1) is 7.36. The molecule has 1 heterocycles. The van der Waals surface area contributed by atoms with E-state index in [-0.39, 0.29) is 0 Å². The average molecular weight is 204 g/mol. The van der Waals surface area contributed by atoms with E-state index < -0.39 is 0 Å². The molecule has 2 N–H and O–H groups in total. The first-order valence-electron chi connectivity index (χ1n) is 6.05. The lowest BCUT2D eigenvalue weighted by molar-refractivity contribution is 0.482. The van der Waals surface area contributed by atoms with Gasteiger partial charge in [-0.2, -0.15) is 0 Å². The first-order valence-corrected chi connectivity index (χ1v) is 6.05. The van der Waals surface area contributed by atoms with E-state index >= 15 is 0 Å². The summed E-state index contributed by atoms with van der Waals surface area (Å²) in [6, 6.07) is 3.84. The van der Waals surface area contributed by atoms with Crippen LogP contribution < -0.4 is 5.73 Å². The fourth-order valence-electron chi connectivity index (χ4n) is 2.52. The van der Waals surface area contributed by atoms with Crippen LogP contribution in [0.2, 0.25) is 0 Å². The summed E-state index contributed by atoms with van der Waals surface area (Å²) in [5.41, 5.74) is 7.78. The van der Waals surface area contributed by atoms with E-state index in [9.17, 15) is 0 Å². The molecule has 0 atom stereocenters. The Morgan fingerprint density at radius 2 is 2.13 bits per heavy atom. The molecule has 15 heavy (non-hydrogen) atoms. The SMILES string of the molecule is Nc1cccnc1CCCC1CCCC1. The van der Waals surface area contributed by atoms with Gasteiger partial charge in [0.2, 0.25) is 0 Å². The highest BCUT2D eigenvalue weighted by Gasteiger charge is 2.14. The molecule has 2 rings (SSSR count). The molecule has 0 bridgehead atoms. The van der Waals surface area contributed by atoms with Gasteiger partial charge in [-0.15, -0.1) is 0 Å². The maximum Gasteiger partial charge on any atom is 0.0632 e. The van der Waals surface area contributed by atoms with Gasteiger partial charge in [0.25, 0.3) is 0 Å². The monoisotopic (exact) mass is 204 g/mol. The van der Waals surface area contributed by atoms with Crippen molar-refractivity contribution < 1.29 is 0 Å². The second kappa shape index (κ2) is 5.15. The largest absolute Gasteiger partial charge is 0.397 e. The third-order valence-electron chi connectivity index (χ3n) is 3.43. The lowest BCUT2D eigenvalue weighted by atomic mass is 9.99. The zero-order valence-electron chi connectivity index (χ0n) is 9.28. The van der Waals surface area contributed by atoms with Crippen LogP contribution in [0.4, 0.5) is 5.69 Å².